The molecule has 1 aromatic heterocycles. The van der Waals surface area contributed by atoms with Crippen molar-refractivity contribution in [3.8, 4) is 5.75 Å². The molecule has 1 aromatic carbocycles. The molecule has 1 aliphatic rings. The average Bonchev–Trinajstić information content (AvgIpc) is 3.16. The molecule has 2 N–H and O–H groups in total. The molecule has 0 saturated carbocycles. The van der Waals surface area contributed by atoms with Crippen molar-refractivity contribution in [3.05, 3.63) is 57.8 Å². The second-order valence-electron chi connectivity index (χ2n) is 5.28. The molecule has 0 bridgehead atoms. The number of thiophene rings is 1. The lowest BCUT2D eigenvalue weighted by Crippen LogP contribution is -2.45. The van der Waals surface area contributed by atoms with E-state index in [1.165, 1.54) is 11.3 Å². The number of benzene rings is 1. The summed E-state index contributed by atoms with van der Waals surface area (Å²) in [4.78, 5) is 25.7. The normalized spacial score (nSPS) is 16.9. The zero-order valence-corrected chi connectivity index (χ0v) is 14.7. The van der Waals surface area contributed by atoms with Crippen LogP contribution in [0.5, 0.6) is 5.75 Å². The van der Waals surface area contributed by atoms with E-state index in [0.29, 0.717) is 22.6 Å². The van der Waals surface area contributed by atoms with E-state index >= 15 is 0 Å². The summed E-state index contributed by atoms with van der Waals surface area (Å²) < 4.78 is 10.4. The fourth-order valence-corrected chi connectivity index (χ4v) is 3.43. The van der Waals surface area contributed by atoms with Gasteiger partial charge < -0.3 is 20.1 Å². The fourth-order valence-electron chi connectivity index (χ4n) is 2.65. The van der Waals surface area contributed by atoms with Crippen molar-refractivity contribution in [1.29, 1.82) is 0 Å². The van der Waals surface area contributed by atoms with Gasteiger partial charge >= 0.3 is 12.0 Å². The predicted molar refractivity (Wildman–Crippen MR) is 95.3 cm³/mol. The zero-order valence-electron chi connectivity index (χ0n) is 13.9. The molecule has 1 atom stereocenters. The van der Waals surface area contributed by atoms with E-state index in [2.05, 4.69) is 10.6 Å². The summed E-state index contributed by atoms with van der Waals surface area (Å²) in [7, 11) is 1.58. The van der Waals surface area contributed by atoms with E-state index < -0.39 is 12.0 Å². The van der Waals surface area contributed by atoms with E-state index in [1.807, 2.05) is 17.5 Å². The number of rotatable bonds is 5. The smallest absolute Gasteiger partial charge is 0.338 e. The highest BCUT2D eigenvalue weighted by molar-refractivity contribution is 7.10. The Kier molecular flexibility index (Phi) is 5.04. The first-order chi connectivity index (χ1) is 12.1. The van der Waals surface area contributed by atoms with Gasteiger partial charge in [-0.25, -0.2) is 9.59 Å². The highest BCUT2D eigenvalue weighted by Crippen LogP contribution is 2.34. The second kappa shape index (κ2) is 7.40. The van der Waals surface area contributed by atoms with Crippen LogP contribution < -0.4 is 15.4 Å². The number of nitrogens with one attached hydrogen (secondary N) is 2. The number of ether oxygens (including phenoxy) is 2. The molecule has 0 spiro atoms. The minimum atomic E-state index is -0.551. The number of carbonyl (C=O) groups excluding carboxylic acids is 2. The standard InChI is InChI=1S/C18H18N2O4S/c1-3-24-17(21)14-15(11-6-8-12(23-2)9-7-11)19-18(22)20-16(14)13-5-4-10-25-13/h4-10,16H,3H2,1-2H3,(H2,19,20,22). The molecule has 0 radical (unpaired) electrons. The van der Waals surface area contributed by atoms with E-state index in [9.17, 15) is 9.59 Å². The summed E-state index contributed by atoms with van der Waals surface area (Å²) in [6, 6.07) is 9.99. The van der Waals surface area contributed by atoms with Gasteiger partial charge in [0.15, 0.2) is 0 Å². The third-order valence-corrected chi connectivity index (χ3v) is 4.71. The van der Waals surface area contributed by atoms with Crippen LogP contribution in [0.3, 0.4) is 0 Å². The number of esters is 1. The number of methoxy groups -OCH3 is 1. The summed E-state index contributed by atoms with van der Waals surface area (Å²) in [6.45, 7) is 2.00. The molecule has 6 nitrogen and oxygen atoms in total. The van der Waals surface area contributed by atoms with Crippen molar-refractivity contribution in [2.75, 3.05) is 13.7 Å². The van der Waals surface area contributed by atoms with Crippen LogP contribution in [0.1, 0.15) is 23.4 Å². The van der Waals surface area contributed by atoms with Crippen molar-refractivity contribution >= 4 is 29.0 Å². The molecule has 2 heterocycles. The van der Waals surface area contributed by atoms with Crippen molar-refractivity contribution in [2.24, 2.45) is 0 Å². The molecule has 0 aliphatic carbocycles. The third kappa shape index (κ3) is 3.51. The van der Waals surface area contributed by atoms with Crippen LogP contribution in [0.25, 0.3) is 5.70 Å². The average molecular weight is 358 g/mol. The maximum absolute atomic E-state index is 12.6. The second-order valence-corrected chi connectivity index (χ2v) is 6.26. The van der Waals surface area contributed by atoms with Gasteiger partial charge in [-0.3, -0.25) is 0 Å². The van der Waals surface area contributed by atoms with Crippen LogP contribution in [-0.4, -0.2) is 25.7 Å². The Morgan fingerprint density at radius 1 is 1.24 bits per heavy atom. The topological polar surface area (TPSA) is 76.7 Å². The number of carbonyl (C=O) groups is 2. The van der Waals surface area contributed by atoms with Gasteiger partial charge in [0.2, 0.25) is 0 Å². The SMILES string of the molecule is CCOC(=O)C1=C(c2ccc(OC)cc2)NC(=O)NC1c1cccs1. The molecule has 1 unspecified atom stereocenters. The number of amides is 2. The minimum Gasteiger partial charge on any atom is -0.497 e. The van der Waals surface area contributed by atoms with Gasteiger partial charge in [-0.15, -0.1) is 11.3 Å². The van der Waals surface area contributed by atoms with E-state index in [0.717, 1.165) is 4.88 Å². The first-order valence-corrected chi connectivity index (χ1v) is 8.68. The summed E-state index contributed by atoms with van der Waals surface area (Å²) in [5, 5.41) is 7.45. The van der Waals surface area contributed by atoms with Crippen molar-refractivity contribution in [3.63, 3.8) is 0 Å². The Bertz CT molecular complexity index is 797. The molecular weight excluding hydrogens is 340 g/mol. The largest absolute Gasteiger partial charge is 0.497 e. The van der Waals surface area contributed by atoms with Gasteiger partial charge in [0.1, 0.15) is 5.75 Å². The molecular formula is C18H18N2O4S. The number of hydrogen-bond acceptors (Lipinski definition) is 5. The highest BCUT2D eigenvalue weighted by atomic mass is 32.1. The number of urea groups is 1. The van der Waals surface area contributed by atoms with E-state index in [4.69, 9.17) is 9.47 Å². The van der Waals surface area contributed by atoms with Crippen LogP contribution >= 0.6 is 11.3 Å². The first-order valence-electron chi connectivity index (χ1n) is 7.80. The first kappa shape index (κ1) is 17.0. The third-order valence-electron chi connectivity index (χ3n) is 3.77. The molecule has 2 amide bonds. The van der Waals surface area contributed by atoms with Gasteiger partial charge in [-0.1, -0.05) is 6.07 Å². The molecule has 0 saturated heterocycles. The Balaban J connectivity index is 2.13. The van der Waals surface area contributed by atoms with Crippen LogP contribution in [0.15, 0.2) is 47.4 Å². The Morgan fingerprint density at radius 2 is 2.00 bits per heavy atom. The predicted octanol–water partition coefficient (Wildman–Crippen LogP) is 3.09. The molecule has 3 rings (SSSR count). The lowest BCUT2D eigenvalue weighted by Gasteiger charge is -2.28. The van der Waals surface area contributed by atoms with Gasteiger partial charge in [-0.05, 0) is 48.2 Å². The fraction of sp³-hybridized carbons (Fsp3) is 0.222. The van der Waals surface area contributed by atoms with Crippen LogP contribution in [-0.2, 0) is 9.53 Å². The minimum absolute atomic E-state index is 0.253. The van der Waals surface area contributed by atoms with Crippen LogP contribution in [0, 0.1) is 0 Å². The quantitative estimate of drug-likeness (QED) is 0.806. The van der Waals surface area contributed by atoms with E-state index in [1.54, 1.807) is 38.3 Å². The van der Waals surface area contributed by atoms with Crippen molar-refractivity contribution in [2.45, 2.75) is 13.0 Å². The zero-order chi connectivity index (χ0) is 17.8. The lowest BCUT2D eigenvalue weighted by atomic mass is 9.97. The lowest BCUT2D eigenvalue weighted by molar-refractivity contribution is -0.138. The number of hydrogen-bond donors (Lipinski definition) is 2. The van der Waals surface area contributed by atoms with Crippen LogP contribution in [0.2, 0.25) is 0 Å². The molecule has 0 fully saturated rings. The van der Waals surface area contributed by atoms with Gasteiger partial charge in [0.25, 0.3) is 0 Å². The molecule has 130 valence electrons. The van der Waals surface area contributed by atoms with Gasteiger partial charge in [0, 0.05) is 4.88 Å². The molecule has 25 heavy (non-hydrogen) atoms. The Morgan fingerprint density at radius 3 is 2.60 bits per heavy atom. The summed E-state index contributed by atoms with van der Waals surface area (Å²) in [5.74, 6) is 0.233. The highest BCUT2D eigenvalue weighted by Gasteiger charge is 2.34. The summed E-state index contributed by atoms with van der Waals surface area (Å²) >= 11 is 1.47. The Hall–Kier alpha value is -2.80. The molecule has 7 heteroatoms. The van der Waals surface area contributed by atoms with Crippen LogP contribution in [0.4, 0.5) is 4.79 Å². The summed E-state index contributed by atoms with van der Waals surface area (Å²) in [6.07, 6.45) is 0. The molecule has 2 aromatic rings. The van der Waals surface area contributed by atoms with Gasteiger partial charge in [0.05, 0.1) is 31.0 Å². The van der Waals surface area contributed by atoms with Gasteiger partial charge in [-0.2, -0.15) is 0 Å². The monoisotopic (exact) mass is 358 g/mol. The van der Waals surface area contributed by atoms with E-state index in [-0.39, 0.29) is 12.6 Å². The maximum atomic E-state index is 12.6. The summed E-state index contributed by atoms with van der Waals surface area (Å²) in [5.41, 5.74) is 1.54. The molecule has 1 aliphatic heterocycles. The maximum Gasteiger partial charge on any atom is 0.338 e. The van der Waals surface area contributed by atoms with Crippen molar-refractivity contribution in [1.82, 2.24) is 10.6 Å². The Labute approximate surface area is 149 Å². The van der Waals surface area contributed by atoms with Crippen molar-refractivity contribution < 1.29 is 19.1 Å².